The quantitative estimate of drug-likeness (QED) is 0.186. The lowest BCUT2D eigenvalue weighted by Crippen LogP contribution is -2.32. The lowest BCUT2D eigenvalue weighted by molar-refractivity contribution is -0.124. The molecule has 1 amide bonds. The van der Waals surface area contributed by atoms with E-state index in [1.165, 1.54) is 70.6 Å². The number of hydrogen-bond acceptors (Lipinski definition) is 2. The van der Waals surface area contributed by atoms with Crippen LogP contribution in [0.3, 0.4) is 0 Å². The molecule has 3 nitrogen and oxygen atoms in total. The largest absolute Gasteiger partial charge is 0.396 e. The maximum absolute atomic E-state index is 11.7. The average molecular weight is 382 g/mol. The predicted molar refractivity (Wildman–Crippen MR) is 118 cm³/mol. The van der Waals surface area contributed by atoms with Crippen LogP contribution in [0.25, 0.3) is 0 Å². The number of amides is 1. The minimum Gasteiger partial charge on any atom is -0.396 e. The molecule has 0 spiro atoms. The van der Waals surface area contributed by atoms with E-state index >= 15 is 0 Å². The van der Waals surface area contributed by atoms with Crippen LogP contribution in [0.4, 0.5) is 0 Å². The van der Waals surface area contributed by atoms with Gasteiger partial charge in [-0.1, -0.05) is 90.2 Å². The van der Waals surface area contributed by atoms with Crippen molar-refractivity contribution in [2.24, 2.45) is 17.6 Å². The van der Waals surface area contributed by atoms with E-state index in [1.807, 2.05) is 0 Å². The van der Waals surface area contributed by atoms with Crippen LogP contribution in [0.15, 0.2) is 12.2 Å². The molecular formula is C24H47NO2. The standard InChI is InChI=1S/C24H47NO2/c1-3-5-7-8-9-10-11-12-13-14-15-16-17-18-20-23(24(25)27)22(21-26)19-6-4-2/h10-11,22-23,26H,3-9,12-21H2,1-2H3,(H2,25,27). The highest BCUT2D eigenvalue weighted by Gasteiger charge is 2.24. The molecule has 0 aromatic carbocycles. The van der Waals surface area contributed by atoms with E-state index in [2.05, 4.69) is 26.0 Å². The highest BCUT2D eigenvalue weighted by molar-refractivity contribution is 5.76. The number of carbonyl (C=O) groups excluding carboxylic acids is 1. The lowest BCUT2D eigenvalue weighted by Gasteiger charge is -2.22. The van der Waals surface area contributed by atoms with Crippen LogP contribution < -0.4 is 5.73 Å². The number of aliphatic hydroxyl groups is 1. The molecule has 3 N–H and O–H groups in total. The van der Waals surface area contributed by atoms with E-state index in [0.717, 1.165) is 32.1 Å². The van der Waals surface area contributed by atoms with Gasteiger partial charge in [-0.05, 0) is 44.4 Å². The predicted octanol–water partition coefficient (Wildman–Crippen LogP) is 6.53. The maximum atomic E-state index is 11.7. The van der Waals surface area contributed by atoms with Crippen molar-refractivity contribution in [3.63, 3.8) is 0 Å². The van der Waals surface area contributed by atoms with Gasteiger partial charge in [-0.25, -0.2) is 0 Å². The number of aliphatic hydroxyl groups excluding tert-OH is 1. The number of rotatable bonds is 20. The first-order valence-electron chi connectivity index (χ1n) is 11.7. The summed E-state index contributed by atoms with van der Waals surface area (Å²) in [4.78, 5) is 11.7. The molecule has 27 heavy (non-hydrogen) atoms. The first-order chi connectivity index (χ1) is 13.2. The number of hydrogen-bond donors (Lipinski definition) is 2. The summed E-state index contributed by atoms with van der Waals surface area (Å²) in [7, 11) is 0. The topological polar surface area (TPSA) is 63.3 Å². The lowest BCUT2D eigenvalue weighted by atomic mass is 9.84. The number of nitrogens with two attached hydrogens (primary N) is 1. The fourth-order valence-corrected chi connectivity index (χ4v) is 3.75. The summed E-state index contributed by atoms with van der Waals surface area (Å²) >= 11 is 0. The van der Waals surface area contributed by atoms with Crippen molar-refractivity contribution >= 4 is 5.91 Å². The minimum atomic E-state index is -0.230. The minimum absolute atomic E-state index is 0.0520. The summed E-state index contributed by atoms with van der Waals surface area (Å²) in [6, 6.07) is 0. The molecule has 0 aliphatic carbocycles. The molecule has 0 aromatic rings. The molecule has 0 heterocycles. The van der Waals surface area contributed by atoms with Crippen molar-refractivity contribution in [1.82, 2.24) is 0 Å². The van der Waals surface area contributed by atoms with Gasteiger partial charge >= 0.3 is 0 Å². The number of allylic oxidation sites excluding steroid dienone is 2. The third-order valence-electron chi connectivity index (χ3n) is 5.62. The second-order valence-corrected chi connectivity index (χ2v) is 8.11. The molecule has 160 valence electrons. The monoisotopic (exact) mass is 381 g/mol. The van der Waals surface area contributed by atoms with Crippen molar-refractivity contribution < 1.29 is 9.90 Å². The van der Waals surface area contributed by atoms with Gasteiger partial charge in [0.25, 0.3) is 0 Å². The van der Waals surface area contributed by atoms with Crippen LogP contribution in [0.1, 0.15) is 117 Å². The third kappa shape index (κ3) is 15.9. The Kier molecular flexibility index (Phi) is 19.3. The summed E-state index contributed by atoms with van der Waals surface area (Å²) in [6.45, 7) is 4.47. The summed E-state index contributed by atoms with van der Waals surface area (Å²) in [6.07, 6.45) is 23.8. The van der Waals surface area contributed by atoms with Gasteiger partial charge in [-0.2, -0.15) is 0 Å². The Labute approximate surface area is 169 Å². The van der Waals surface area contributed by atoms with Gasteiger partial charge in [0.2, 0.25) is 5.91 Å². The Morgan fingerprint density at radius 2 is 1.30 bits per heavy atom. The summed E-state index contributed by atoms with van der Waals surface area (Å²) in [5, 5.41) is 9.57. The fraction of sp³-hybridized carbons (Fsp3) is 0.875. The first-order valence-corrected chi connectivity index (χ1v) is 11.7. The van der Waals surface area contributed by atoms with E-state index in [9.17, 15) is 9.90 Å². The zero-order valence-electron chi connectivity index (χ0n) is 18.3. The second kappa shape index (κ2) is 19.9. The molecule has 0 bridgehead atoms. The van der Waals surface area contributed by atoms with E-state index in [-0.39, 0.29) is 24.3 Å². The highest BCUT2D eigenvalue weighted by atomic mass is 16.3. The van der Waals surface area contributed by atoms with Gasteiger partial charge in [0.1, 0.15) is 0 Å². The van der Waals surface area contributed by atoms with E-state index in [4.69, 9.17) is 5.73 Å². The zero-order chi connectivity index (χ0) is 20.2. The molecule has 0 aromatic heterocycles. The molecule has 2 unspecified atom stereocenters. The molecule has 0 fully saturated rings. The summed E-state index contributed by atoms with van der Waals surface area (Å²) in [5.74, 6) is -0.327. The Morgan fingerprint density at radius 1 is 0.778 bits per heavy atom. The van der Waals surface area contributed by atoms with Gasteiger partial charge in [0, 0.05) is 12.5 Å². The Morgan fingerprint density at radius 3 is 1.81 bits per heavy atom. The van der Waals surface area contributed by atoms with Crippen molar-refractivity contribution in [2.75, 3.05) is 6.61 Å². The van der Waals surface area contributed by atoms with Crippen LogP contribution in [0.2, 0.25) is 0 Å². The molecule has 0 aliphatic heterocycles. The van der Waals surface area contributed by atoms with Crippen molar-refractivity contribution in [3.05, 3.63) is 12.2 Å². The SMILES string of the molecule is CCCCCCC=CCCCCCCCCC(C(N)=O)C(CO)CCCC. The number of unbranched alkanes of at least 4 members (excludes halogenated alkanes) is 11. The van der Waals surface area contributed by atoms with Crippen molar-refractivity contribution in [3.8, 4) is 0 Å². The molecule has 0 rings (SSSR count). The summed E-state index contributed by atoms with van der Waals surface area (Å²) < 4.78 is 0. The molecule has 0 saturated heterocycles. The first kappa shape index (κ1) is 26.2. The molecule has 0 aliphatic rings. The molecule has 0 radical (unpaired) electrons. The van der Waals surface area contributed by atoms with E-state index < -0.39 is 0 Å². The Bertz CT molecular complexity index is 354. The average Bonchev–Trinajstić information content (AvgIpc) is 2.66. The van der Waals surface area contributed by atoms with Crippen LogP contribution in [-0.4, -0.2) is 17.6 Å². The fourth-order valence-electron chi connectivity index (χ4n) is 3.75. The second-order valence-electron chi connectivity index (χ2n) is 8.11. The Hall–Kier alpha value is -0.830. The van der Waals surface area contributed by atoms with E-state index in [0.29, 0.717) is 0 Å². The van der Waals surface area contributed by atoms with Crippen LogP contribution >= 0.6 is 0 Å². The highest BCUT2D eigenvalue weighted by Crippen LogP contribution is 2.24. The van der Waals surface area contributed by atoms with Gasteiger partial charge in [0.15, 0.2) is 0 Å². The van der Waals surface area contributed by atoms with Crippen LogP contribution in [-0.2, 0) is 4.79 Å². The van der Waals surface area contributed by atoms with Gasteiger partial charge in [-0.3, -0.25) is 4.79 Å². The number of carbonyl (C=O) groups is 1. The number of primary amides is 1. The molecule has 2 atom stereocenters. The van der Waals surface area contributed by atoms with Gasteiger partial charge < -0.3 is 10.8 Å². The van der Waals surface area contributed by atoms with E-state index in [1.54, 1.807) is 0 Å². The Balaban J connectivity index is 3.65. The summed E-state index contributed by atoms with van der Waals surface area (Å²) in [5.41, 5.74) is 5.58. The van der Waals surface area contributed by atoms with Crippen LogP contribution in [0, 0.1) is 11.8 Å². The van der Waals surface area contributed by atoms with Gasteiger partial charge in [0.05, 0.1) is 0 Å². The molecule has 0 saturated carbocycles. The smallest absolute Gasteiger partial charge is 0.220 e. The normalized spacial score (nSPS) is 13.9. The molecule has 3 heteroatoms. The van der Waals surface area contributed by atoms with Crippen molar-refractivity contribution in [2.45, 2.75) is 117 Å². The molecular weight excluding hydrogens is 334 g/mol. The zero-order valence-corrected chi connectivity index (χ0v) is 18.3. The van der Waals surface area contributed by atoms with Crippen LogP contribution in [0.5, 0.6) is 0 Å². The maximum Gasteiger partial charge on any atom is 0.220 e. The third-order valence-corrected chi connectivity index (χ3v) is 5.62. The van der Waals surface area contributed by atoms with Crippen molar-refractivity contribution in [1.29, 1.82) is 0 Å². The van der Waals surface area contributed by atoms with Gasteiger partial charge in [-0.15, -0.1) is 0 Å².